The van der Waals surface area contributed by atoms with E-state index in [9.17, 15) is 9.59 Å². The molecule has 0 aliphatic heterocycles. The Morgan fingerprint density at radius 3 is 2.80 bits per heavy atom. The van der Waals surface area contributed by atoms with Crippen LogP contribution in [0.3, 0.4) is 0 Å². The van der Waals surface area contributed by atoms with Gasteiger partial charge in [0.1, 0.15) is 0 Å². The number of hydrogen-bond donors (Lipinski definition) is 1. The van der Waals surface area contributed by atoms with Gasteiger partial charge in [0, 0.05) is 23.5 Å². The number of thiophene rings is 1. The molecule has 0 spiro atoms. The van der Waals surface area contributed by atoms with E-state index in [1.807, 2.05) is 40.4 Å². The summed E-state index contributed by atoms with van der Waals surface area (Å²) in [7, 11) is 0. The molecule has 0 bridgehead atoms. The molecule has 2 heterocycles. The van der Waals surface area contributed by atoms with E-state index in [4.69, 9.17) is 11.6 Å². The Hall–Kier alpha value is -2.22. The van der Waals surface area contributed by atoms with Crippen molar-refractivity contribution in [3.05, 3.63) is 68.2 Å². The van der Waals surface area contributed by atoms with Gasteiger partial charge in [-0.3, -0.25) is 9.59 Å². The van der Waals surface area contributed by atoms with Gasteiger partial charge < -0.3 is 9.88 Å². The van der Waals surface area contributed by atoms with Crippen molar-refractivity contribution in [2.45, 2.75) is 13.5 Å². The van der Waals surface area contributed by atoms with Gasteiger partial charge in [0.15, 0.2) is 4.80 Å². The van der Waals surface area contributed by atoms with Crippen LogP contribution in [0.5, 0.6) is 0 Å². The number of thiazole rings is 1. The fourth-order valence-electron chi connectivity index (χ4n) is 2.15. The van der Waals surface area contributed by atoms with E-state index >= 15 is 0 Å². The molecule has 2 amide bonds. The number of halogens is 1. The molecule has 1 aromatic carbocycles. The number of benzene rings is 1. The van der Waals surface area contributed by atoms with Gasteiger partial charge in [-0.25, -0.2) is 0 Å². The molecule has 128 valence electrons. The summed E-state index contributed by atoms with van der Waals surface area (Å²) in [5, 5.41) is 5.84. The van der Waals surface area contributed by atoms with E-state index in [2.05, 4.69) is 10.3 Å². The summed E-state index contributed by atoms with van der Waals surface area (Å²) in [6.45, 7) is 1.96. The van der Waals surface area contributed by atoms with Crippen molar-refractivity contribution in [1.29, 1.82) is 0 Å². The smallest absolute Gasteiger partial charge is 0.289 e. The lowest BCUT2D eigenvalue weighted by molar-refractivity contribution is -0.114. The second-order valence-corrected chi connectivity index (χ2v) is 7.53. The summed E-state index contributed by atoms with van der Waals surface area (Å²) in [5.41, 5.74) is 0.959. The molecule has 5 nitrogen and oxygen atoms in total. The molecule has 0 fully saturated rings. The van der Waals surface area contributed by atoms with Crippen molar-refractivity contribution in [3.8, 4) is 0 Å². The molecule has 0 aliphatic carbocycles. The summed E-state index contributed by atoms with van der Waals surface area (Å²) in [6, 6.07) is 10.9. The summed E-state index contributed by atoms with van der Waals surface area (Å²) >= 11 is 8.78. The summed E-state index contributed by atoms with van der Waals surface area (Å²) in [4.78, 5) is 28.7. The first-order valence-electron chi connectivity index (χ1n) is 7.37. The Morgan fingerprint density at radius 1 is 1.24 bits per heavy atom. The molecule has 3 rings (SSSR count). The van der Waals surface area contributed by atoms with Gasteiger partial charge in [0.2, 0.25) is 5.91 Å². The van der Waals surface area contributed by atoms with Crippen LogP contribution in [0.25, 0.3) is 0 Å². The topological polar surface area (TPSA) is 63.5 Å². The van der Waals surface area contributed by atoms with E-state index in [0.29, 0.717) is 26.2 Å². The summed E-state index contributed by atoms with van der Waals surface area (Å²) < 4.78 is 1.88. The molecule has 1 N–H and O–H groups in total. The SMILES string of the molecule is CC(=O)Nc1ccc(C(=O)N=c2sccn2Cc2ccccc2Cl)s1. The standard InChI is InChI=1S/C17H14ClN3O2S2/c1-11(22)19-15-7-6-14(25-15)16(23)20-17-21(8-9-24-17)10-12-4-2-3-5-13(12)18/h2-9H,10H2,1H3,(H,19,22). The number of hydrogen-bond acceptors (Lipinski definition) is 4. The number of carbonyl (C=O) groups excluding carboxylic acids is 2. The molecule has 0 aliphatic rings. The van der Waals surface area contributed by atoms with Crippen molar-refractivity contribution in [3.63, 3.8) is 0 Å². The lowest BCUT2D eigenvalue weighted by Crippen LogP contribution is -2.17. The van der Waals surface area contributed by atoms with Crippen molar-refractivity contribution in [1.82, 2.24) is 4.57 Å². The van der Waals surface area contributed by atoms with Gasteiger partial charge in [0.05, 0.1) is 16.4 Å². The van der Waals surface area contributed by atoms with Crippen molar-refractivity contribution in [2.75, 3.05) is 5.32 Å². The van der Waals surface area contributed by atoms with E-state index in [-0.39, 0.29) is 11.8 Å². The first-order valence-corrected chi connectivity index (χ1v) is 9.44. The molecular weight excluding hydrogens is 378 g/mol. The maximum Gasteiger partial charge on any atom is 0.289 e. The number of nitrogens with one attached hydrogen (secondary N) is 1. The van der Waals surface area contributed by atoms with Crippen LogP contribution in [-0.2, 0) is 11.3 Å². The zero-order valence-electron chi connectivity index (χ0n) is 13.2. The van der Waals surface area contributed by atoms with Crippen LogP contribution in [0.15, 0.2) is 53.0 Å². The molecule has 0 saturated heterocycles. The lowest BCUT2D eigenvalue weighted by Gasteiger charge is -2.05. The number of aromatic nitrogens is 1. The molecule has 0 unspecified atom stereocenters. The van der Waals surface area contributed by atoms with Crippen molar-refractivity contribution >= 4 is 51.1 Å². The average Bonchev–Trinajstić information content (AvgIpc) is 3.19. The Balaban J connectivity index is 1.83. The first kappa shape index (κ1) is 17.6. The fraction of sp³-hybridized carbons (Fsp3) is 0.118. The Morgan fingerprint density at radius 2 is 2.04 bits per heavy atom. The fourth-order valence-corrected chi connectivity index (χ4v) is 3.91. The predicted molar refractivity (Wildman–Crippen MR) is 101 cm³/mol. The summed E-state index contributed by atoms with van der Waals surface area (Å²) in [5.74, 6) is -0.509. The second kappa shape index (κ2) is 7.77. The van der Waals surface area contributed by atoms with E-state index in [0.717, 1.165) is 5.56 Å². The molecule has 3 aromatic rings. The van der Waals surface area contributed by atoms with Crippen LogP contribution in [-0.4, -0.2) is 16.4 Å². The molecular formula is C17H14ClN3O2S2. The molecule has 0 radical (unpaired) electrons. The van der Waals surface area contributed by atoms with Crippen LogP contribution < -0.4 is 10.1 Å². The third-order valence-corrected chi connectivity index (χ3v) is 5.42. The van der Waals surface area contributed by atoms with Crippen LogP contribution in [0.2, 0.25) is 5.02 Å². The van der Waals surface area contributed by atoms with Gasteiger partial charge in [-0.2, -0.15) is 4.99 Å². The van der Waals surface area contributed by atoms with Gasteiger partial charge in [0.25, 0.3) is 5.91 Å². The maximum absolute atomic E-state index is 12.4. The van der Waals surface area contributed by atoms with Gasteiger partial charge in [-0.05, 0) is 23.8 Å². The Bertz CT molecular complexity index is 987. The number of rotatable bonds is 4. The monoisotopic (exact) mass is 391 g/mol. The van der Waals surface area contributed by atoms with Crippen LogP contribution in [0, 0.1) is 0 Å². The van der Waals surface area contributed by atoms with Crippen LogP contribution in [0.1, 0.15) is 22.2 Å². The van der Waals surface area contributed by atoms with Gasteiger partial charge in [-0.15, -0.1) is 22.7 Å². The Labute approximate surface area is 157 Å². The van der Waals surface area contributed by atoms with Gasteiger partial charge >= 0.3 is 0 Å². The second-order valence-electron chi connectivity index (χ2n) is 5.17. The number of anilines is 1. The van der Waals surface area contributed by atoms with Crippen molar-refractivity contribution in [2.24, 2.45) is 4.99 Å². The zero-order valence-corrected chi connectivity index (χ0v) is 15.6. The number of nitrogens with zero attached hydrogens (tertiary/aromatic N) is 2. The minimum atomic E-state index is -0.336. The minimum Gasteiger partial charge on any atom is -0.319 e. The number of amides is 2. The lowest BCUT2D eigenvalue weighted by atomic mass is 10.2. The minimum absolute atomic E-state index is 0.173. The quantitative estimate of drug-likeness (QED) is 0.730. The molecule has 0 saturated carbocycles. The van der Waals surface area contributed by atoms with Crippen LogP contribution >= 0.6 is 34.3 Å². The van der Waals surface area contributed by atoms with E-state index < -0.39 is 0 Å². The highest BCUT2D eigenvalue weighted by molar-refractivity contribution is 7.18. The highest BCUT2D eigenvalue weighted by Gasteiger charge is 2.10. The highest BCUT2D eigenvalue weighted by atomic mass is 35.5. The molecule has 0 atom stereocenters. The average molecular weight is 392 g/mol. The predicted octanol–water partition coefficient (Wildman–Crippen LogP) is 4.01. The summed E-state index contributed by atoms with van der Waals surface area (Å²) in [6.07, 6.45) is 1.87. The largest absolute Gasteiger partial charge is 0.319 e. The van der Waals surface area contributed by atoms with E-state index in [1.54, 1.807) is 12.1 Å². The van der Waals surface area contributed by atoms with Crippen molar-refractivity contribution < 1.29 is 9.59 Å². The van der Waals surface area contributed by atoms with E-state index in [1.165, 1.54) is 29.6 Å². The highest BCUT2D eigenvalue weighted by Crippen LogP contribution is 2.22. The molecule has 8 heteroatoms. The first-order chi connectivity index (χ1) is 12.0. The van der Waals surface area contributed by atoms with Crippen LogP contribution in [0.4, 0.5) is 5.00 Å². The third-order valence-electron chi connectivity index (χ3n) is 3.27. The normalized spacial score (nSPS) is 11.5. The molecule has 2 aromatic heterocycles. The Kier molecular flexibility index (Phi) is 5.47. The maximum atomic E-state index is 12.4. The molecule has 25 heavy (non-hydrogen) atoms. The third kappa shape index (κ3) is 4.45. The number of carbonyl (C=O) groups is 2. The van der Waals surface area contributed by atoms with Gasteiger partial charge in [-0.1, -0.05) is 29.8 Å². The zero-order chi connectivity index (χ0) is 17.8.